The molecule has 0 atom stereocenters. The molecule has 29 heavy (non-hydrogen) atoms. The van der Waals surface area contributed by atoms with E-state index >= 15 is 0 Å². The molecular formula is C24H20BrN3O. The SMILES string of the molecule is Cc1c(/C=N\NC(=O)c2ccc(Br)cc2)c2ccccc2n1Cc1ccccc1. The number of hydrazone groups is 1. The van der Waals surface area contributed by atoms with Gasteiger partial charge >= 0.3 is 0 Å². The first-order chi connectivity index (χ1) is 14.1. The molecular weight excluding hydrogens is 426 g/mol. The van der Waals surface area contributed by atoms with Crippen molar-refractivity contribution in [1.82, 2.24) is 9.99 Å². The number of amides is 1. The van der Waals surface area contributed by atoms with Crippen molar-refractivity contribution in [2.75, 3.05) is 0 Å². The number of fused-ring (bicyclic) bond motifs is 1. The fourth-order valence-electron chi connectivity index (χ4n) is 3.41. The van der Waals surface area contributed by atoms with E-state index in [4.69, 9.17) is 0 Å². The minimum Gasteiger partial charge on any atom is -0.340 e. The molecule has 0 fully saturated rings. The monoisotopic (exact) mass is 445 g/mol. The maximum Gasteiger partial charge on any atom is 0.271 e. The second-order valence-corrected chi connectivity index (χ2v) is 7.71. The molecule has 0 bridgehead atoms. The third-order valence-electron chi connectivity index (χ3n) is 4.93. The van der Waals surface area contributed by atoms with E-state index in [0.717, 1.165) is 33.2 Å². The zero-order chi connectivity index (χ0) is 20.2. The average molecular weight is 446 g/mol. The van der Waals surface area contributed by atoms with E-state index in [1.807, 2.05) is 30.3 Å². The molecule has 0 spiro atoms. The Morgan fingerprint density at radius 2 is 1.69 bits per heavy atom. The zero-order valence-electron chi connectivity index (χ0n) is 16.0. The average Bonchev–Trinajstić information content (AvgIpc) is 3.01. The van der Waals surface area contributed by atoms with Gasteiger partial charge in [0.2, 0.25) is 0 Å². The summed E-state index contributed by atoms with van der Waals surface area (Å²) < 4.78 is 3.21. The van der Waals surface area contributed by atoms with Crippen molar-refractivity contribution >= 4 is 39.0 Å². The molecule has 4 aromatic rings. The second-order valence-electron chi connectivity index (χ2n) is 6.79. The number of nitrogens with one attached hydrogen (secondary N) is 1. The molecule has 0 saturated carbocycles. The van der Waals surface area contributed by atoms with E-state index in [2.05, 4.69) is 74.3 Å². The summed E-state index contributed by atoms with van der Waals surface area (Å²) in [5.41, 5.74) is 7.69. The predicted octanol–water partition coefficient (Wildman–Crippen LogP) is 5.52. The normalized spacial score (nSPS) is 11.2. The van der Waals surface area contributed by atoms with Crippen LogP contribution in [-0.4, -0.2) is 16.7 Å². The van der Waals surface area contributed by atoms with Gasteiger partial charge in [0.25, 0.3) is 5.91 Å². The Balaban J connectivity index is 1.62. The van der Waals surface area contributed by atoms with Gasteiger partial charge < -0.3 is 4.57 Å². The van der Waals surface area contributed by atoms with Gasteiger partial charge in [0, 0.05) is 38.7 Å². The number of para-hydroxylation sites is 1. The molecule has 3 aromatic carbocycles. The summed E-state index contributed by atoms with van der Waals surface area (Å²) in [6.45, 7) is 2.87. The van der Waals surface area contributed by atoms with Crippen molar-refractivity contribution in [3.8, 4) is 0 Å². The van der Waals surface area contributed by atoms with Crippen LogP contribution in [0.25, 0.3) is 10.9 Å². The van der Waals surface area contributed by atoms with Gasteiger partial charge in [-0.25, -0.2) is 5.43 Å². The number of halogens is 1. The lowest BCUT2D eigenvalue weighted by molar-refractivity contribution is 0.0955. The molecule has 1 aromatic heterocycles. The largest absolute Gasteiger partial charge is 0.340 e. The highest BCUT2D eigenvalue weighted by Crippen LogP contribution is 2.25. The predicted molar refractivity (Wildman–Crippen MR) is 121 cm³/mol. The first kappa shape index (κ1) is 19.2. The van der Waals surface area contributed by atoms with Crippen molar-refractivity contribution in [3.05, 3.63) is 106 Å². The van der Waals surface area contributed by atoms with Crippen LogP contribution in [0, 0.1) is 6.92 Å². The first-order valence-corrected chi connectivity index (χ1v) is 10.1. The summed E-state index contributed by atoms with van der Waals surface area (Å²) in [5, 5.41) is 5.34. The van der Waals surface area contributed by atoms with E-state index in [9.17, 15) is 4.79 Å². The maximum absolute atomic E-state index is 12.3. The van der Waals surface area contributed by atoms with Crippen molar-refractivity contribution in [2.45, 2.75) is 13.5 Å². The number of nitrogens with zero attached hydrogens (tertiary/aromatic N) is 2. The van der Waals surface area contributed by atoms with Gasteiger partial charge in [-0.15, -0.1) is 0 Å². The van der Waals surface area contributed by atoms with E-state index in [-0.39, 0.29) is 5.91 Å². The van der Waals surface area contributed by atoms with E-state index in [1.165, 1.54) is 5.56 Å². The van der Waals surface area contributed by atoms with Crippen LogP contribution in [0.5, 0.6) is 0 Å². The molecule has 0 aliphatic carbocycles. The Hall–Kier alpha value is -3.18. The van der Waals surface area contributed by atoms with E-state index < -0.39 is 0 Å². The Kier molecular flexibility index (Phi) is 5.58. The Morgan fingerprint density at radius 3 is 2.45 bits per heavy atom. The van der Waals surface area contributed by atoms with Gasteiger partial charge in [-0.1, -0.05) is 64.5 Å². The minimum absolute atomic E-state index is 0.237. The molecule has 4 nitrogen and oxygen atoms in total. The highest BCUT2D eigenvalue weighted by Gasteiger charge is 2.13. The Bertz CT molecular complexity index is 1180. The lowest BCUT2D eigenvalue weighted by atomic mass is 10.1. The molecule has 0 aliphatic heterocycles. The maximum atomic E-state index is 12.3. The summed E-state index contributed by atoms with van der Waals surface area (Å²) in [6, 6.07) is 25.8. The standard InChI is InChI=1S/C24H20BrN3O/c1-17-22(15-26-27-24(29)19-11-13-20(25)14-12-19)21-9-5-6-10-23(21)28(17)16-18-7-3-2-4-8-18/h2-15H,16H2,1H3,(H,27,29)/b26-15-. The van der Waals surface area contributed by atoms with Crippen LogP contribution in [0.3, 0.4) is 0 Å². The van der Waals surface area contributed by atoms with Gasteiger partial charge in [-0.2, -0.15) is 5.10 Å². The van der Waals surface area contributed by atoms with E-state index in [1.54, 1.807) is 18.3 Å². The lowest BCUT2D eigenvalue weighted by Crippen LogP contribution is -2.17. The fraction of sp³-hybridized carbons (Fsp3) is 0.0833. The minimum atomic E-state index is -0.237. The smallest absolute Gasteiger partial charge is 0.271 e. The molecule has 0 unspecified atom stereocenters. The van der Waals surface area contributed by atoms with Crippen LogP contribution in [0.1, 0.15) is 27.2 Å². The summed E-state index contributed by atoms with van der Waals surface area (Å²) in [4.78, 5) is 12.3. The first-order valence-electron chi connectivity index (χ1n) is 9.34. The van der Waals surface area contributed by atoms with Crippen LogP contribution in [0.4, 0.5) is 0 Å². The summed E-state index contributed by atoms with van der Waals surface area (Å²) in [5.74, 6) is -0.237. The number of carbonyl (C=O) groups excluding carboxylic acids is 1. The topological polar surface area (TPSA) is 46.4 Å². The highest BCUT2D eigenvalue weighted by atomic mass is 79.9. The summed E-state index contributed by atoms with van der Waals surface area (Å²) >= 11 is 3.37. The molecule has 4 rings (SSSR count). The molecule has 144 valence electrons. The summed E-state index contributed by atoms with van der Waals surface area (Å²) in [7, 11) is 0. The van der Waals surface area contributed by atoms with Crippen LogP contribution in [-0.2, 0) is 6.54 Å². The van der Waals surface area contributed by atoms with Crippen molar-refractivity contribution in [1.29, 1.82) is 0 Å². The summed E-state index contributed by atoms with van der Waals surface area (Å²) in [6.07, 6.45) is 1.73. The molecule has 1 N–H and O–H groups in total. The number of hydrogen-bond donors (Lipinski definition) is 1. The molecule has 1 heterocycles. The fourth-order valence-corrected chi connectivity index (χ4v) is 3.68. The van der Waals surface area contributed by atoms with Crippen molar-refractivity contribution in [3.63, 3.8) is 0 Å². The van der Waals surface area contributed by atoms with Crippen LogP contribution >= 0.6 is 15.9 Å². The molecule has 0 radical (unpaired) electrons. The third-order valence-corrected chi connectivity index (χ3v) is 5.46. The highest BCUT2D eigenvalue weighted by molar-refractivity contribution is 9.10. The number of rotatable bonds is 5. The van der Waals surface area contributed by atoms with Crippen LogP contribution < -0.4 is 5.43 Å². The van der Waals surface area contributed by atoms with Crippen molar-refractivity contribution < 1.29 is 4.79 Å². The van der Waals surface area contributed by atoms with Gasteiger partial charge in [-0.05, 0) is 42.8 Å². The van der Waals surface area contributed by atoms with Gasteiger partial charge in [0.05, 0.1) is 6.21 Å². The lowest BCUT2D eigenvalue weighted by Gasteiger charge is -2.08. The van der Waals surface area contributed by atoms with Crippen molar-refractivity contribution in [2.24, 2.45) is 5.10 Å². The van der Waals surface area contributed by atoms with Gasteiger partial charge in [0.15, 0.2) is 0 Å². The number of benzene rings is 3. The van der Waals surface area contributed by atoms with Crippen LogP contribution in [0.2, 0.25) is 0 Å². The number of aromatic nitrogens is 1. The number of carbonyl (C=O) groups is 1. The van der Waals surface area contributed by atoms with E-state index in [0.29, 0.717) is 5.56 Å². The molecule has 5 heteroatoms. The Morgan fingerprint density at radius 1 is 1.00 bits per heavy atom. The molecule has 0 aliphatic rings. The van der Waals surface area contributed by atoms with Crippen LogP contribution in [0.15, 0.2) is 88.4 Å². The quantitative estimate of drug-likeness (QED) is 0.318. The second kappa shape index (κ2) is 8.45. The molecule has 1 amide bonds. The number of hydrogen-bond acceptors (Lipinski definition) is 2. The Labute approximate surface area is 178 Å². The zero-order valence-corrected chi connectivity index (χ0v) is 17.6. The van der Waals surface area contributed by atoms with Gasteiger partial charge in [-0.3, -0.25) is 4.79 Å². The molecule has 0 saturated heterocycles. The van der Waals surface area contributed by atoms with Gasteiger partial charge in [0.1, 0.15) is 0 Å². The third kappa shape index (κ3) is 4.15.